The maximum atomic E-state index is 12.7. The molecule has 2 heterocycles. The van der Waals surface area contributed by atoms with Crippen LogP contribution in [0.1, 0.15) is 53.7 Å². The number of hydrogen-bond donors (Lipinski definition) is 0. The van der Waals surface area contributed by atoms with Crippen molar-refractivity contribution in [1.82, 2.24) is 15.0 Å². The maximum absolute atomic E-state index is 12.7. The molecule has 0 N–H and O–H groups in total. The zero-order chi connectivity index (χ0) is 21.1. The Balaban J connectivity index is 1.24. The number of halogens is 3. The molecule has 1 aliphatic carbocycles. The van der Waals surface area contributed by atoms with E-state index in [-0.39, 0.29) is 11.7 Å². The molecule has 7 nitrogen and oxygen atoms in total. The van der Waals surface area contributed by atoms with Gasteiger partial charge in [-0.15, -0.1) is 13.2 Å². The highest BCUT2D eigenvalue weighted by Gasteiger charge is 2.34. The molecule has 1 saturated heterocycles. The van der Waals surface area contributed by atoms with E-state index in [1.165, 1.54) is 23.1 Å². The lowest BCUT2D eigenvalue weighted by atomic mass is 10.1. The normalized spacial score (nSPS) is 17.9. The molecule has 0 atom stereocenters. The number of rotatable bonds is 7. The van der Waals surface area contributed by atoms with Crippen molar-refractivity contribution in [2.75, 3.05) is 19.7 Å². The van der Waals surface area contributed by atoms with E-state index in [1.54, 1.807) is 0 Å². The molecule has 0 radical (unpaired) electrons. The number of ether oxygens (including phenoxy) is 2. The van der Waals surface area contributed by atoms with Gasteiger partial charge < -0.3 is 18.9 Å². The second-order valence-electron chi connectivity index (χ2n) is 7.48. The Kier molecular flexibility index (Phi) is 5.94. The van der Waals surface area contributed by atoms with Crippen molar-refractivity contribution in [3.05, 3.63) is 41.5 Å². The molecule has 0 unspecified atom stereocenters. The van der Waals surface area contributed by atoms with Crippen LogP contribution in [0.25, 0.3) is 0 Å². The highest BCUT2D eigenvalue weighted by atomic mass is 19.4. The van der Waals surface area contributed by atoms with Crippen molar-refractivity contribution in [2.24, 2.45) is 0 Å². The number of alkyl halides is 3. The summed E-state index contributed by atoms with van der Waals surface area (Å²) >= 11 is 0. The highest BCUT2D eigenvalue weighted by Crippen LogP contribution is 2.38. The van der Waals surface area contributed by atoms with Crippen LogP contribution in [0, 0.1) is 0 Å². The van der Waals surface area contributed by atoms with Crippen molar-refractivity contribution in [2.45, 2.75) is 50.5 Å². The van der Waals surface area contributed by atoms with Gasteiger partial charge in [-0.05, 0) is 37.8 Å². The van der Waals surface area contributed by atoms with E-state index in [4.69, 9.17) is 9.26 Å². The standard InChI is InChI=1S/C20H22F3N3O4/c21-20(22,23)29-16-4-2-1-3-15(16)19(27)26-10-7-14(8-11-26)28-12-9-17-24-18(30-25-17)13-5-6-13/h1-4,13-14H,5-12H2. The fraction of sp³-hybridized carbons (Fsp3) is 0.550. The van der Waals surface area contributed by atoms with Gasteiger partial charge in [0.15, 0.2) is 5.82 Å². The van der Waals surface area contributed by atoms with Gasteiger partial charge in [0.2, 0.25) is 5.89 Å². The van der Waals surface area contributed by atoms with Gasteiger partial charge in [0.1, 0.15) is 5.75 Å². The van der Waals surface area contributed by atoms with E-state index in [2.05, 4.69) is 14.9 Å². The van der Waals surface area contributed by atoms with Crippen LogP contribution in [-0.2, 0) is 11.2 Å². The minimum Gasteiger partial charge on any atom is -0.405 e. The molecule has 2 fully saturated rings. The molecule has 1 amide bonds. The van der Waals surface area contributed by atoms with Crippen molar-refractivity contribution in [1.29, 1.82) is 0 Å². The maximum Gasteiger partial charge on any atom is 0.573 e. The third kappa shape index (κ3) is 5.29. The molecule has 1 aliphatic heterocycles. The minimum absolute atomic E-state index is 0.0227. The number of hydrogen-bond acceptors (Lipinski definition) is 6. The summed E-state index contributed by atoms with van der Waals surface area (Å²) in [6, 6.07) is 5.39. The van der Waals surface area contributed by atoms with E-state index in [0.29, 0.717) is 56.6 Å². The Hall–Kier alpha value is -2.62. The third-order valence-corrected chi connectivity index (χ3v) is 5.16. The lowest BCUT2D eigenvalue weighted by Gasteiger charge is -2.32. The minimum atomic E-state index is -4.85. The van der Waals surface area contributed by atoms with Gasteiger partial charge >= 0.3 is 6.36 Å². The number of para-hydroxylation sites is 1. The summed E-state index contributed by atoms with van der Waals surface area (Å²) in [5.41, 5.74) is -0.0993. The summed E-state index contributed by atoms with van der Waals surface area (Å²) in [4.78, 5) is 18.6. The van der Waals surface area contributed by atoms with Crippen molar-refractivity contribution >= 4 is 5.91 Å². The molecule has 30 heavy (non-hydrogen) atoms. The second-order valence-corrected chi connectivity index (χ2v) is 7.48. The van der Waals surface area contributed by atoms with Crippen LogP contribution >= 0.6 is 0 Å². The van der Waals surface area contributed by atoms with Crippen LogP contribution in [0.4, 0.5) is 13.2 Å². The van der Waals surface area contributed by atoms with Gasteiger partial charge in [0, 0.05) is 25.4 Å². The number of carbonyl (C=O) groups is 1. The summed E-state index contributed by atoms with van der Waals surface area (Å²) in [5, 5.41) is 3.95. The van der Waals surface area contributed by atoms with Crippen LogP contribution < -0.4 is 4.74 Å². The molecule has 2 aliphatic rings. The predicted octanol–water partition coefficient (Wildman–Crippen LogP) is 3.71. The Morgan fingerprint density at radius 3 is 2.60 bits per heavy atom. The topological polar surface area (TPSA) is 77.7 Å². The molecular formula is C20H22F3N3O4. The molecule has 162 valence electrons. The average molecular weight is 425 g/mol. The summed E-state index contributed by atoms with van der Waals surface area (Å²) in [6.07, 6.45) is -0.913. The summed E-state index contributed by atoms with van der Waals surface area (Å²) in [5.74, 6) is 0.782. The Labute approximate surface area is 171 Å². The fourth-order valence-corrected chi connectivity index (χ4v) is 3.43. The number of aromatic nitrogens is 2. The van der Waals surface area contributed by atoms with Crippen LogP contribution in [0.5, 0.6) is 5.75 Å². The quantitative estimate of drug-likeness (QED) is 0.673. The molecule has 4 rings (SSSR count). The average Bonchev–Trinajstić information content (AvgIpc) is 3.46. The molecule has 10 heteroatoms. The second kappa shape index (κ2) is 8.63. The highest BCUT2D eigenvalue weighted by molar-refractivity contribution is 5.97. The fourth-order valence-electron chi connectivity index (χ4n) is 3.43. The number of nitrogens with zero attached hydrogens (tertiary/aromatic N) is 3. The van der Waals surface area contributed by atoms with Crippen LogP contribution in [0.15, 0.2) is 28.8 Å². The summed E-state index contributed by atoms with van der Waals surface area (Å²) in [6.45, 7) is 1.25. The van der Waals surface area contributed by atoms with Crippen molar-refractivity contribution in [3.63, 3.8) is 0 Å². The molecular weight excluding hydrogens is 403 g/mol. The van der Waals surface area contributed by atoms with Gasteiger partial charge in [-0.3, -0.25) is 4.79 Å². The Morgan fingerprint density at radius 2 is 1.90 bits per heavy atom. The van der Waals surface area contributed by atoms with E-state index in [1.807, 2.05) is 0 Å². The summed E-state index contributed by atoms with van der Waals surface area (Å²) in [7, 11) is 0. The van der Waals surface area contributed by atoms with Gasteiger partial charge in [0.25, 0.3) is 5.91 Å². The van der Waals surface area contributed by atoms with Crippen LogP contribution in [-0.4, -0.2) is 53.1 Å². The first-order valence-corrected chi connectivity index (χ1v) is 9.97. The smallest absolute Gasteiger partial charge is 0.405 e. The van der Waals surface area contributed by atoms with E-state index in [9.17, 15) is 18.0 Å². The van der Waals surface area contributed by atoms with E-state index in [0.717, 1.165) is 18.9 Å². The Morgan fingerprint density at radius 1 is 1.17 bits per heavy atom. The molecule has 1 saturated carbocycles. The molecule has 1 aromatic heterocycles. The van der Waals surface area contributed by atoms with Crippen LogP contribution in [0.3, 0.4) is 0 Å². The number of benzene rings is 1. The molecule has 0 spiro atoms. The van der Waals surface area contributed by atoms with Gasteiger partial charge in [0.05, 0.1) is 18.3 Å². The number of carbonyl (C=O) groups excluding carboxylic acids is 1. The van der Waals surface area contributed by atoms with E-state index >= 15 is 0 Å². The number of piperidine rings is 1. The first kappa shape index (κ1) is 20.6. The number of amides is 1. The zero-order valence-corrected chi connectivity index (χ0v) is 16.2. The number of likely N-dealkylation sites (tertiary alicyclic amines) is 1. The van der Waals surface area contributed by atoms with Gasteiger partial charge in [-0.1, -0.05) is 17.3 Å². The summed E-state index contributed by atoms with van der Waals surface area (Å²) < 4.78 is 52.8. The Bertz CT molecular complexity index is 874. The lowest BCUT2D eigenvalue weighted by Crippen LogP contribution is -2.41. The van der Waals surface area contributed by atoms with Gasteiger partial charge in [-0.2, -0.15) is 4.98 Å². The molecule has 1 aromatic carbocycles. The third-order valence-electron chi connectivity index (χ3n) is 5.16. The first-order chi connectivity index (χ1) is 14.4. The lowest BCUT2D eigenvalue weighted by molar-refractivity contribution is -0.274. The van der Waals surface area contributed by atoms with Gasteiger partial charge in [-0.25, -0.2) is 0 Å². The molecule has 2 aromatic rings. The zero-order valence-electron chi connectivity index (χ0n) is 16.2. The predicted molar refractivity (Wildman–Crippen MR) is 98.0 cm³/mol. The van der Waals surface area contributed by atoms with E-state index < -0.39 is 18.0 Å². The largest absolute Gasteiger partial charge is 0.573 e. The van der Waals surface area contributed by atoms with Crippen LogP contribution in [0.2, 0.25) is 0 Å². The molecule has 0 bridgehead atoms. The monoisotopic (exact) mass is 425 g/mol. The first-order valence-electron chi connectivity index (χ1n) is 9.97. The SMILES string of the molecule is O=C(c1ccccc1OC(F)(F)F)N1CCC(OCCc2noc(C3CC3)n2)CC1. The van der Waals surface area contributed by atoms with Crippen molar-refractivity contribution in [3.8, 4) is 5.75 Å². The van der Waals surface area contributed by atoms with Crippen molar-refractivity contribution < 1.29 is 32.0 Å².